The van der Waals surface area contributed by atoms with E-state index in [1.807, 2.05) is 18.2 Å². The van der Waals surface area contributed by atoms with Gasteiger partial charge < -0.3 is 4.18 Å². The first-order valence-electron chi connectivity index (χ1n) is 9.63. The summed E-state index contributed by atoms with van der Waals surface area (Å²) in [6.07, 6.45) is 0.979. The molecule has 32 heavy (non-hydrogen) atoms. The van der Waals surface area contributed by atoms with E-state index in [1.165, 1.54) is 6.07 Å². The van der Waals surface area contributed by atoms with E-state index in [9.17, 15) is 21.6 Å². The van der Waals surface area contributed by atoms with E-state index >= 15 is 0 Å². The van der Waals surface area contributed by atoms with Crippen molar-refractivity contribution in [3.05, 3.63) is 89.5 Å². The Bertz CT molecular complexity index is 1450. The van der Waals surface area contributed by atoms with E-state index in [0.717, 1.165) is 5.56 Å². The molecule has 0 aliphatic rings. The smallest absolute Gasteiger partial charge is 0.375 e. The van der Waals surface area contributed by atoms with Gasteiger partial charge in [0.1, 0.15) is 0 Å². The number of alkyl halides is 3. The molecule has 0 saturated carbocycles. The van der Waals surface area contributed by atoms with E-state index in [1.54, 1.807) is 54.6 Å². The molecule has 0 aliphatic carbocycles. The first-order chi connectivity index (χ1) is 15.2. The molecule has 8 heteroatoms. The van der Waals surface area contributed by atoms with Gasteiger partial charge in [-0.05, 0) is 52.9 Å². The molecular weight excluding hydrogens is 439 g/mol. The number of rotatable bonds is 5. The quantitative estimate of drug-likeness (QED) is 0.214. The maximum absolute atomic E-state index is 13.1. The molecule has 0 aromatic heterocycles. The Morgan fingerprint density at radius 3 is 2.25 bits per heavy atom. The molecule has 162 valence electrons. The maximum atomic E-state index is 13.1. The molecule has 0 unspecified atom stereocenters. The summed E-state index contributed by atoms with van der Waals surface area (Å²) in [6.45, 7) is 0. The lowest BCUT2D eigenvalue weighted by atomic mass is 9.95. The van der Waals surface area contributed by atoms with Crippen LogP contribution in [0.15, 0.2) is 72.8 Å². The summed E-state index contributed by atoms with van der Waals surface area (Å²) < 4.78 is 67.8. The number of benzene rings is 4. The Balaban J connectivity index is 1.85. The lowest BCUT2D eigenvalue weighted by Crippen LogP contribution is -2.28. The van der Waals surface area contributed by atoms with Crippen LogP contribution in [0.2, 0.25) is 0 Å². The molecule has 0 atom stereocenters. The van der Waals surface area contributed by atoms with Gasteiger partial charge in [-0.1, -0.05) is 54.6 Å². The van der Waals surface area contributed by atoms with Gasteiger partial charge in [0.05, 0.1) is 11.6 Å². The Labute approximate surface area is 182 Å². The highest BCUT2D eigenvalue weighted by molar-refractivity contribution is 7.88. The van der Waals surface area contributed by atoms with Crippen molar-refractivity contribution in [1.82, 2.24) is 0 Å². The van der Waals surface area contributed by atoms with Crippen molar-refractivity contribution in [2.24, 2.45) is 0 Å². The largest absolute Gasteiger partial charge is 0.534 e. The molecule has 0 bridgehead atoms. The number of hydrogen-bond acceptors (Lipinski definition) is 4. The van der Waals surface area contributed by atoms with Gasteiger partial charge in [-0.15, -0.1) is 0 Å². The lowest BCUT2D eigenvalue weighted by Gasteiger charge is -2.16. The monoisotopic (exact) mass is 455 g/mol. The third kappa shape index (κ3) is 4.12. The highest BCUT2D eigenvalue weighted by atomic mass is 32.2. The number of hydrogen-bond donors (Lipinski definition) is 0. The molecule has 0 heterocycles. The molecule has 4 aromatic rings. The van der Waals surface area contributed by atoms with Crippen LogP contribution in [0, 0.1) is 11.3 Å². The summed E-state index contributed by atoms with van der Waals surface area (Å²) in [4.78, 5) is 0. The predicted octanol–water partition coefficient (Wildman–Crippen LogP) is 5.88. The van der Waals surface area contributed by atoms with E-state index in [4.69, 9.17) is 9.44 Å². The molecule has 4 aromatic carbocycles. The summed E-state index contributed by atoms with van der Waals surface area (Å²) in [6, 6.07) is 22.6. The maximum Gasteiger partial charge on any atom is 0.534 e. The normalized spacial score (nSPS) is 12.1. The molecule has 4 rings (SSSR count). The number of aryl methyl sites for hydroxylation is 2. The summed E-state index contributed by atoms with van der Waals surface area (Å²) in [7, 11) is -5.86. The van der Waals surface area contributed by atoms with Crippen LogP contribution in [-0.2, 0) is 23.0 Å². The zero-order valence-electron chi connectivity index (χ0n) is 16.6. The minimum atomic E-state index is -5.86. The van der Waals surface area contributed by atoms with Crippen molar-refractivity contribution in [3.8, 4) is 11.8 Å². The fraction of sp³-hybridized carbons (Fsp3) is 0.125. The van der Waals surface area contributed by atoms with Crippen LogP contribution < -0.4 is 4.18 Å². The number of halogens is 3. The summed E-state index contributed by atoms with van der Waals surface area (Å²) >= 11 is 0. The molecule has 4 nitrogen and oxygen atoms in total. The van der Waals surface area contributed by atoms with Crippen molar-refractivity contribution in [2.75, 3.05) is 0 Å². The fourth-order valence-corrected chi connectivity index (χ4v) is 4.11. The second-order valence-electron chi connectivity index (χ2n) is 7.23. The van der Waals surface area contributed by atoms with E-state index in [-0.39, 0.29) is 11.1 Å². The van der Waals surface area contributed by atoms with Crippen LogP contribution in [0.5, 0.6) is 5.75 Å². The Hall–Kier alpha value is -3.57. The van der Waals surface area contributed by atoms with Gasteiger partial charge >= 0.3 is 15.6 Å². The molecule has 0 radical (unpaired) electrons. The van der Waals surface area contributed by atoms with Crippen molar-refractivity contribution in [2.45, 2.75) is 18.3 Å². The van der Waals surface area contributed by atoms with Crippen molar-refractivity contribution < 1.29 is 25.8 Å². The molecule has 0 N–H and O–H groups in total. The minimum absolute atomic E-state index is 0.277. The van der Waals surface area contributed by atoms with Crippen LogP contribution in [-0.4, -0.2) is 13.9 Å². The highest BCUT2D eigenvalue weighted by Crippen LogP contribution is 2.40. The lowest BCUT2D eigenvalue weighted by molar-refractivity contribution is -0.0499. The second kappa shape index (κ2) is 8.17. The first-order valence-corrected chi connectivity index (χ1v) is 11.0. The van der Waals surface area contributed by atoms with Gasteiger partial charge in [-0.25, -0.2) is 0 Å². The summed E-state index contributed by atoms with van der Waals surface area (Å²) in [5.74, 6) is -0.328. The van der Waals surface area contributed by atoms with E-state index in [2.05, 4.69) is 0 Å². The van der Waals surface area contributed by atoms with Crippen molar-refractivity contribution >= 4 is 31.7 Å². The van der Waals surface area contributed by atoms with Gasteiger partial charge in [0.15, 0.2) is 5.75 Å². The molecule has 0 spiro atoms. The van der Waals surface area contributed by atoms with Crippen LogP contribution in [0.25, 0.3) is 21.5 Å². The third-order valence-electron chi connectivity index (χ3n) is 5.17. The average Bonchev–Trinajstić information content (AvgIpc) is 2.76. The van der Waals surface area contributed by atoms with E-state index < -0.39 is 15.6 Å². The van der Waals surface area contributed by atoms with Crippen LogP contribution in [0.4, 0.5) is 13.2 Å². The van der Waals surface area contributed by atoms with Crippen molar-refractivity contribution in [3.63, 3.8) is 0 Å². The standard InChI is InChI=1S/C24H16F3NO3S/c25-24(26,27)32(29,30)31-23-21-7-2-1-4-19(21)14-20-6-3-5-18(22(20)23)13-12-16-8-10-17(15-28)11-9-16/h1-11,14H,12-13H2. The average molecular weight is 455 g/mol. The zero-order valence-corrected chi connectivity index (χ0v) is 17.4. The topological polar surface area (TPSA) is 67.2 Å². The molecule has 0 aliphatic heterocycles. The zero-order chi connectivity index (χ0) is 22.9. The Morgan fingerprint density at radius 2 is 1.56 bits per heavy atom. The summed E-state index contributed by atoms with van der Waals surface area (Å²) in [5.41, 5.74) is -3.43. The summed E-state index contributed by atoms with van der Waals surface area (Å²) in [5, 5.41) is 10.7. The Kier molecular flexibility index (Phi) is 5.53. The molecule has 0 fully saturated rings. The third-order valence-corrected chi connectivity index (χ3v) is 6.12. The highest BCUT2D eigenvalue weighted by Gasteiger charge is 2.49. The SMILES string of the molecule is N#Cc1ccc(CCc2cccc3cc4ccccc4c(OS(=O)(=O)C(F)(F)F)c23)cc1. The Morgan fingerprint density at radius 1 is 0.875 bits per heavy atom. The number of nitrogens with zero attached hydrogens (tertiary/aromatic N) is 1. The number of nitriles is 1. The van der Waals surface area contributed by atoms with E-state index in [0.29, 0.717) is 40.1 Å². The minimum Gasteiger partial charge on any atom is -0.375 e. The van der Waals surface area contributed by atoms with Gasteiger partial charge in [0.2, 0.25) is 0 Å². The first kappa shape index (κ1) is 21.7. The van der Waals surface area contributed by atoms with Crippen molar-refractivity contribution in [1.29, 1.82) is 5.26 Å². The van der Waals surface area contributed by atoms with Crippen LogP contribution >= 0.6 is 0 Å². The van der Waals surface area contributed by atoms with Gasteiger partial charge in [-0.3, -0.25) is 0 Å². The number of fused-ring (bicyclic) bond motifs is 2. The molecular formula is C24H16F3NO3S. The van der Waals surface area contributed by atoms with Gasteiger partial charge in [-0.2, -0.15) is 26.9 Å². The van der Waals surface area contributed by atoms with Crippen LogP contribution in [0.3, 0.4) is 0 Å². The molecule has 0 amide bonds. The molecule has 0 saturated heterocycles. The second-order valence-corrected chi connectivity index (χ2v) is 8.77. The predicted molar refractivity (Wildman–Crippen MR) is 116 cm³/mol. The van der Waals surface area contributed by atoms with Crippen LogP contribution in [0.1, 0.15) is 16.7 Å². The fourth-order valence-electron chi connectivity index (χ4n) is 3.63. The van der Waals surface area contributed by atoms with Gasteiger partial charge in [0.25, 0.3) is 0 Å². The van der Waals surface area contributed by atoms with Gasteiger partial charge in [0, 0.05) is 10.8 Å².